The van der Waals surface area contributed by atoms with Crippen LogP contribution in [0.5, 0.6) is 5.75 Å². The fraction of sp³-hybridized carbons (Fsp3) is 0.409. The van der Waals surface area contributed by atoms with Crippen molar-refractivity contribution < 1.29 is 5.11 Å². The topological polar surface area (TPSA) is 73.6 Å². The zero-order valence-electron chi connectivity index (χ0n) is 17.2. The first-order chi connectivity index (χ1) is 14.0. The van der Waals surface area contributed by atoms with Gasteiger partial charge in [-0.15, -0.1) is 11.3 Å². The SMILES string of the molecule is C/C(=N\Nc1ncnc2sc(C)c(C)c12)c1ccc(O)c(CN2CCCCC2)c1. The number of aromatic hydroxyl groups is 1. The molecular formula is C22H27N5OS. The number of nitrogens with zero attached hydrogens (tertiary/aromatic N) is 4. The third-order valence-electron chi connectivity index (χ3n) is 5.63. The highest BCUT2D eigenvalue weighted by Crippen LogP contribution is 2.32. The van der Waals surface area contributed by atoms with Crippen molar-refractivity contribution in [1.82, 2.24) is 14.9 Å². The van der Waals surface area contributed by atoms with E-state index in [0.717, 1.165) is 52.5 Å². The van der Waals surface area contributed by atoms with Crippen molar-refractivity contribution >= 4 is 33.1 Å². The Labute approximate surface area is 175 Å². The molecule has 1 aliphatic heterocycles. The molecule has 2 aromatic heterocycles. The lowest BCUT2D eigenvalue weighted by molar-refractivity contribution is 0.218. The van der Waals surface area contributed by atoms with Crippen LogP contribution in [0.2, 0.25) is 0 Å². The first kappa shape index (κ1) is 19.8. The maximum Gasteiger partial charge on any atom is 0.158 e. The third-order valence-corrected chi connectivity index (χ3v) is 6.75. The molecule has 1 aliphatic rings. The lowest BCUT2D eigenvalue weighted by Crippen LogP contribution is -2.29. The van der Waals surface area contributed by atoms with Crippen molar-refractivity contribution in [3.05, 3.63) is 46.1 Å². The number of aromatic nitrogens is 2. The standard InChI is InChI=1S/C22H27N5OS/c1-14-16(3)29-22-20(14)21(23-13-24-22)26-25-15(2)17-7-8-19(28)18(11-17)12-27-9-5-4-6-10-27/h7-8,11,13,28H,4-6,9-10,12H2,1-3H3,(H,23,24,26)/b25-15+. The molecule has 3 aromatic rings. The lowest BCUT2D eigenvalue weighted by atomic mass is 10.0. The Hall–Kier alpha value is -2.51. The highest BCUT2D eigenvalue weighted by Gasteiger charge is 2.14. The van der Waals surface area contributed by atoms with Crippen molar-refractivity contribution in [2.24, 2.45) is 5.10 Å². The smallest absolute Gasteiger partial charge is 0.158 e. The Morgan fingerprint density at radius 1 is 1.21 bits per heavy atom. The van der Waals surface area contributed by atoms with Crippen molar-refractivity contribution in [3.8, 4) is 5.75 Å². The summed E-state index contributed by atoms with van der Waals surface area (Å²) in [4.78, 5) is 13.4. The van der Waals surface area contributed by atoms with Crippen LogP contribution in [0.1, 0.15) is 47.8 Å². The average Bonchev–Trinajstić information content (AvgIpc) is 3.03. The molecule has 4 rings (SSSR count). The summed E-state index contributed by atoms with van der Waals surface area (Å²) in [6, 6.07) is 5.72. The fourth-order valence-electron chi connectivity index (χ4n) is 3.76. The van der Waals surface area contributed by atoms with Gasteiger partial charge in [0.2, 0.25) is 0 Å². The van der Waals surface area contributed by atoms with Gasteiger partial charge in [-0.05, 0) is 76.0 Å². The van der Waals surface area contributed by atoms with Crippen LogP contribution < -0.4 is 5.43 Å². The average molecular weight is 410 g/mol. The van der Waals surface area contributed by atoms with Gasteiger partial charge in [0.1, 0.15) is 16.9 Å². The summed E-state index contributed by atoms with van der Waals surface area (Å²) in [6.07, 6.45) is 5.35. The van der Waals surface area contributed by atoms with Gasteiger partial charge in [-0.1, -0.05) is 6.42 Å². The van der Waals surface area contributed by atoms with Crippen molar-refractivity contribution in [2.45, 2.75) is 46.6 Å². The normalized spacial score (nSPS) is 15.8. The molecule has 0 spiro atoms. The second-order valence-electron chi connectivity index (χ2n) is 7.67. The molecule has 0 unspecified atom stereocenters. The van der Waals surface area contributed by atoms with E-state index in [1.165, 1.54) is 29.7 Å². The highest BCUT2D eigenvalue weighted by atomic mass is 32.1. The Morgan fingerprint density at radius 2 is 2.00 bits per heavy atom. The molecule has 7 heteroatoms. The molecule has 0 bridgehead atoms. The molecule has 0 aliphatic carbocycles. The molecule has 0 atom stereocenters. The number of fused-ring (bicyclic) bond motifs is 1. The number of piperidine rings is 1. The van der Waals surface area contributed by atoms with Gasteiger partial charge in [0.05, 0.1) is 11.1 Å². The van der Waals surface area contributed by atoms with E-state index in [1.54, 1.807) is 23.7 Å². The Morgan fingerprint density at radius 3 is 2.79 bits per heavy atom. The summed E-state index contributed by atoms with van der Waals surface area (Å²) >= 11 is 1.67. The van der Waals surface area contributed by atoms with E-state index in [-0.39, 0.29) is 0 Å². The first-order valence-corrected chi connectivity index (χ1v) is 10.9. The number of phenolic OH excluding ortho intramolecular Hbond substituents is 1. The number of thiophene rings is 1. The molecule has 152 valence electrons. The Kier molecular flexibility index (Phi) is 5.78. The number of hydrogen-bond acceptors (Lipinski definition) is 7. The largest absolute Gasteiger partial charge is 0.508 e. The van der Waals surface area contributed by atoms with Gasteiger partial charge >= 0.3 is 0 Å². The minimum Gasteiger partial charge on any atom is -0.508 e. The van der Waals surface area contributed by atoms with Gasteiger partial charge in [-0.2, -0.15) is 5.10 Å². The number of nitrogens with one attached hydrogen (secondary N) is 1. The van der Waals surface area contributed by atoms with Gasteiger partial charge in [0.15, 0.2) is 5.82 Å². The fourth-order valence-corrected chi connectivity index (χ4v) is 4.76. The quantitative estimate of drug-likeness (QED) is 0.466. The molecule has 2 N–H and O–H groups in total. The molecule has 3 heterocycles. The van der Waals surface area contributed by atoms with Gasteiger partial charge in [-0.3, -0.25) is 10.3 Å². The third kappa shape index (κ3) is 4.26. The first-order valence-electron chi connectivity index (χ1n) is 10.1. The summed E-state index contributed by atoms with van der Waals surface area (Å²) in [7, 11) is 0. The molecular weight excluding hydrogens is 382 g/mol. The summed E-state index contributed by atoms with van der Waals surface area (Å²) in [5.74, 6) is 1.07. The zero-order valence-corrected chi connectivity index (χ0v) is 18.0. The van der Waals surface area contributed by atoms with Crippen LogP contribution >= 0.6 is 11.3 Å². The Balaban J connectivity index is 1.56. The number of aryl methyl sites for hydroxylation is 2. The van der Waals surface area contributed by atoms with E-state index in [1.807, 2.05) is 19.1 Å². The van der Waals surface area contributed by atoms with E-state index in [2.05, 4.69) is 39.2 Å². The molecule has 1 aromatic carbocycles. The summed E-state index contributed by atoms with van der Waals surface area (Å²) in [5, 5.41) is 15.9. The molecule has 0 amide bonds. The summed E-state index contributed by atoms with van der Waals surface area (Å²) in [5.41, 5.74) is 7.11. The van der Waals surface area contributed by atoms with Gasteiger partial charge in [0.25, 0.3) is 0 Å². The summed E-state index contributed by atoms with van der Waals surface area (Å²) < 4.78 is 0. The molecule has 1 saturated heterocycles. The number of hydrogen-bond donors (Lipinski definition) is 2. The lowest BCUT2D eigenvalue weighted by Gasteiger charge is -2.26. The van der Waals surface area contributed by atoms with Crippen LogP contribution in [0.15, 0.2) is 29.6 Å². The van der Waals surface area contributed by atoms with Crippen molar-refractivity contribution in [1.29, 1.82) is 0 Å². The van der Waals surface area contributed by atoms with Crippen LogP contribution in [0.4, 0.5) is 5.82 Å². The van der Waals surface area contributed by atoms with Crippen LogP contribution in [0.25, 0.3) is 10.2 Å². The number of likely N-dealkylation sites (tertiary alicyclic amines) is 1. The number of hydrazone groups is 1. The van der Waals surface area contributed by atoms with Gasteiger partial charge < -0.3 is 5.11 Å². The second kappa shape index (κ2) is 8.47. The van der Waals surface area contributed by atoms with Gasteiger partial charge in [-0.25, -0.2) is 9.97 Å². The van der Waals surface area contributed by atoms with Crippen LogP contribution in [-0.2, 0) is 6.54 Å². The number of anilines is 1. The molecule has 6 nitrogen and oxygen atoms in total. The molecule has 1 fully saturated rings. The van der Waals surface area contributed by atoms with E-state index in [9.17, 15) is 5.11 Å². The minimum absolute atomic E-state index is 0.349. The van der Waals surface area contributed by atoms with E-state index in [0.29, 0.717) is 5.75 Å². The van der Waals surface area contributed by atoms with Crippen molar-refractivity contribution in [3.63, 3.8) is 0 Å². The van der Waals surface area contributed by atoms with Crippen LogP contribution in [0.3, 0.4) is 0 Å². The summed E-state index contributed by atoms with van der Waals surface area (Å²) in [6.45, 7) is 9.13. The predicted octanol–water partition coefficient (Wildman–Crippen LogP) is 4.84. The minimum atomic E-state index is 0.349. The number of benzene rings is 1. The van der Waals surface area contributed by atoms with Gasteiger partial charge in [0, 0.05) is 17.0 Å². The van der Waals surface area contributed by atoms with E-state index in [4.69, 9.17) is 0 Å². The Bertz CT molecular complexity index is 1050. The second-order valence-corrected chi connectivity index (χ2v) is 8.88. The maximum absolute atomic E-state index is 10.3. The van der Waals surface area contributed by atoms with E-state index < -0.39 is 0 Å². The van der Waals surface area contributed by atoms with E-state index >= 15 is 0 Å². The van der Waals surface area contributed by atoms with Crippen LogP contribution in [-0.4, -0.2) is 38.8 Å². The maximum atomic E-state index is 10.3. The molecule has 29 heavy (non-hydrogen) atoms. The zero-order chi connectivity index (χ0) is 20.4. The number of phenols is 1. The number of rotatable bonds is 5. The van der Waals surface area contributed by atoms with Crippen LogP contribution in [0, 0.1) is 13.8 Å². The molecule has 0 saturated carbocycles. The van der Waals surface area contributed by atoms with Crippen molar-refractivity contribution in [2.75, 3.05) is 18.5 Å². The molecule has 0 radical (unpaired) electrons. The monoisotopic (exact) mass is 409 g/mol. The predicted molar refractivity (Wildman–Crippen MR) is 120 cm³/mol. The highest BCUT2D eigenvalue weighted by molar-refractivity contribution is 7.18.